The highest BCUT2D eigenvalue weighted by Gasteiger charge is 2.21. The lowest BCUT2D eigenvalue weighted by Crippen LogP contribution is -2.13. The summed E-state index contributed by atoms with van der Waals surface area (Å²) in [5.74, 6) is -0.0402. The van der Waals surface area contributed by atoms with E-state index in [9.17, 15) is 4.39 Å². The van der Waals surface area contributed by atoms with Gasteiger partial charge in [-0.2, -0.15) is 5.10 Å². The second kappa shape index (κ2) is 8.65. The van der Waals surface area contributed by atoms with E-state index in [-0.39, 0.29) is 11.1 Å². The van der Waals surface area contributed by atoms with Crippen LogP contribution in [0.3, 0.4) is 0 Å². The molecule has 0 spiro atoms. The standard InChI is InChI=1S/C18H24ClFN2O3/c1-6-23-18(24-7-2)16-10-15(21-22(16)5)12-8-17(25-11(3)4)13(19)9-14(12)20/h8-11,18H,6-7H2,1-5H3. The third-order valence-electron chi connectivity index (χ3n) is 3.45. The second-order valence-electron chi connectivity index (χ2n) is 5.75. The van der Waals surface area contributed by atoms with E-state index in [1.807, 2.05) is 27.7 Å². The van der Waals surface area contributed by atoms with E-state index in [1.54, 1.807) is 23.9 Å². The van der Waals surface area contributed by atoms with E-state index in [1.165, 1.54) is 6.07 Å². The molecule has 0 saturated heterocycles. The Morgan fingerprint density at radius 3 is 2.36 bits per heavy atom. The van der Waals surface area contributed by atoms with Crippen molar-refractivity contribution in [2.75, 3.05) is 13.2 Å². The molecule has 2 rings (SSSR count). The Bertz CT molecular complexity index is 713. The molecule has 0 fully saturated rings. The van der Waals surface area contributed by atoms with Crippen LogP contribution in [0.5, 0.6) is 5.75 Å². The molecular weight excluding hydrogens is 347 g/mol. The molecule has 1 aromatic carbocycles. The summed E-state index contributed by atoms with van der Waals surface area (Å²) >= 11 is 6.07. The SMILES string of the molecule is CCOC(OCC)c1cc(-c2cc(OC(C)C)c(Cl)cc2F)nn1C. The molecule has 0 saturated carbocycles. The van der Waals surface area contributed by atoms with Crippen molar-refractivity contribution in [2.24, 2.45) is 7.05 Å². The van der Waals surface area contributed by atoms with E-state index < -0.39 is 12.1 Å². The van der Waals surface area contributed by atoms with Gasteiger partial charge in [0.2, 0.25) is 6.29 Å². The quantitative estimate of drug-likeness (QED) is 0.630. The highest BCUT2D eigenvalue weighted by Crippen LogP contribution is 2.34. The number of aryl methyl sites for hydroxylation is 1. The van der Waals surface area contributed by atoms with Gasteiger partial charge in [-0.05, 0) is 45.9 Å². The van der Waals surface area contributed by atoms with Crippen LogP contribution in [-0.4, -0.2) is 29.1 Å². The number of aromatic nitrogens is 2. The van der Waals surface area contributed by atoms with E-state index in [4.69, 9.17) is 25.8 Å². The van der Waals surface area contributed by atoms with E-state index >= 15 is 0 Å². The predicted molar refractivity (Wildman–Crippen MR) is 95.4 cm³/mol. The molecule has 138 valence electrons. The average Bonchev–Trinajstić information content (AvgIpc) is 2.91. The van der Waals surface area contributed by atoms with Crippen molar-refractivity contribution in [1.29, 1.82) is 0 Å². The molecule has 5 nitrogen and oxygen atoms in total. The molecule has 0 aliphatic carbocycles. The molecule has 1 aromatic heterocycles. The Labute approximate surface area is 152 Å². The first-order chi connectivity index (χ1) is 11.9. The summed E-state index contributed by atoms with van der Waals surface area (Å²) in [5.41, 5.74) is 1.48. The maximum Gasteiger partial charge on any atom is 0.200 e. The first kappa shape index (κ1) is 19.7. The molecule has 0 unspecified atom stereocenters. The highest BCUT2D eigenvalue weighted by atomic mass is 35.5. The van der Waals surface area contributed by atoms with Gasteiger partial charge in [0.25, 0.3) is 0 Å². The minimum atomic E-state index is -0.553. The fourth-order valence-electron chi connectivity index (χ4n) is 2.43. The Kier molecular flexibility index (Phi) is 6.81. The van der Waals surface area contributed by atoms with Crippen molar-refractivity contribution < 1.29 is 18.6 Å². The van der Waals surface area contributed by atoms with Gasteiger partial charge in [-0.15, -0.1) is 0 Å². The van der Waals surface area contributed by atoms with Gasteiger partial charge in [0.15, 0.2) is 0 Å². The third-order valence-corrected chi connectivity index (χ3v) is 3.75. The molecule has 7 heteroatoms. The number of hydrogen-bond donors (Lipinski definition) is 0. The summed E-state index contributed by atoms with van der Waals surface area (Å²) < 4.78 is 32.9. The summed E-state index contributed by atoms with van der Waals surface area (Å²) in [6.45, 7) is 8.52. The number of ether oxygens (including phenoxy) is 3. The second-order valence-corrected chi connectivity index (χ2v) is 6.16. The van der Waals surface area contributed by atoms with Gasteiger partial charge in [-0.1, -0.05) is 11.6 Å². The number of benzene rings is 1. The topological polar surface area (TPSA) is 45.5 Å². The zero-order chi connectivity index (χ0) is 18.6. The fourth-order valence-corrected chi connectivity index (χ4v) is 2.62. The first-order valence-electron chi connectivity index (χ1n) is 8.30. The number of nitrogens with zero attached hydrogens (tertiary/aromatic N) is 2. The van der Waals surface area contributed by atoms with Crippen molar-refractivity contribution in [3.05, 3.63) is 34.7 Å². The monoisotopic (exact) mass is 370 g/mol. The summed E-state index contributed by atoms with van der Waals surface area (Å²) in [4.78, 5) is 0. The van der Waals surface area contributed by atoms with Gasteiger partial charge in [-0.25, -0.2) is 4.39 Å². The van der Waals surface area contributed by atoms with Crippen LogP contribution in [0.4, 0.5) is 4.39 Å². The van der Waals surface area contributed by atoms with Crippen LogP contribution < -0.4 is 4.74 Å². The van der Waals surface area contributed by atoms with Crippen LogP contribution in [0.15, 0.2) is 18.2 Å². The van der Waals surface area contributed by atoms with Crippen molar-refractivity contribution >= 4 is 11.6 Å². The van der Waals surface area contributed by atoms with Crippen LogP contribution in [-0.2, 0) is 16.5 Å². The van der Waals surface area contributed by atoms with Gasteiger partial charge >= 0.3 is 0 Å². The molecule has 0 amide bonds. The van der Waals surface area contributed by atoms with Crippen LogP contribution in [0.25, 0.3) is 11.3 Å². The van der Waals surface area contributed by atoms with Crippen LogP contribution in [0.2, 0.25) is 5.02 Å². The largest absolute Gasteiger partial charge is 0.489 e. The minimum absolute atomic E-state index is 0.0737. The lowest BCUT2D eigenvalue weighted by molar-refractivity contribution is -0.144. The van der Waals surface area contributed by atoms with Gasteiger partial charge in [0.05, 0.1) is 22.5 Å². The van der Waals surface area contributed by atoms with Gasteiger partial charge in [-0.3, -0.25) is 4.68 Å². The van der Waals surface area contributed by atoms with Crippen molar-refractivity contribution in [3.8, 4) is 17.0 Å². The maximum absolute atomic E-state index is 14.4. The summed E-state index contributed by atoms with van der Waals surface area (Å²) in [7, 11) is 1.77. The first-order valence-corrected chi connectivity index (χ1v) is 8.68. The zero-order valence-corrected chi connectivity index (χ0v) is 15.9. The Balaban J connectivity index is 2.43. The number of hydrogen-bond acceptors (Lipinski definition) is 4. The molecule has 0 aliphatic rings. The summed E-state index contributed by atoms with van der Waals surface area (Å²) in [5, 5.41) is 4.62. The number of halogens is 2. The fraction of sp³-hybridized carbons (Fsp3) is 0.500. The molecule has 0 N–H and O–H groups in total. The summed E-state index contributed by atoms with van der Waals surface area (Å²) in [6, 6.07) is 4.56. The van der Waals surface area contributed by atoms with Crippen molar-refractivity contribution in [1.82, 2.24) is 9.78 Å². The average molecular weight is 371 g/mol. The maximum atomic E-state index is 14.4. The van der Waals surface area contributed by atoms with E-state index in [2.05, 4.69) is 5.10 Å². The Hall–Kier alpha value is -1.63. The van der Waals surface area contributed by atoms with Gasteiger partial charge in [0.1, 0.15) is 11.6 Å². The Morgan fingerprint density at radius 2 is 1.80 bits per heavy atom. The molecular formula is C18H24ClFN2O3. The third kappa shape index (κ3) is 4.71. The molecule has 2 aromatic rings. The predicted octanol–water partition coefficient (Wildman–Crippen LogP) is 4.74. The molecule has 0 atom stereocenters. The van der Waals surface area contributed by atoms with Crippen LogP contribution in [0, 0.1) is 5.82 Å². The molecule has 25 heavy (non-hydrogen) atoms. The lowest BCUT2D eigenvalue weighted by Gasteiger charge is -2.16. The smallest absolute Gasteiger partial charge is 0.200 e. The lowest BCUT2D eigenvalue weighted by atomic mass is 10.1. The van der Waals surface area contributed by atoms with Crippen molar-refractivity contribution in [3.63, 3.8) is 0 Å². The molecule has 0 radical (unpaired) electrons. The highest BCUT2D eigenvalue weighted by molar-refractivity contribution is 6.32. The molecule has 1 heterocycles. The van der Waals surface area contributed by atoms with Crippen LogP contribution >= 0.6 is 11.6 Å². The molecule has 0 bridgehead atoms. The Morgan fingerprint density at radius 1 is 1.16 bits per heavy atom. The van der Waals surface area contributed by atoms with Gasteiger partial charge < -0.3 is 14.2 Å². The van der Waals surface area contributed by atoms with Crippen LogP contribution in [0.1, 0.15) is 39.7 Å². The van der Waals surface area contributed by atoms with Crippen molar-refractivity contribution in [2.45, 2.75) is 40.1 Å². The zero-order valence-electron chi connectivity index (χ0n) is 15.2. The van der Waals surface area contributed by atoms with Gasteiger partial charge in [0, 0.05) is 25.8 Å². The number of rotatable bonds is 8. The minimum Gasteiger partial charge on any atom is -0.489 e. The normalized spacial score (nSPS) is 11.6. The summed E-state index contributed by atoms with van der Waals surface area (Å²) in [6.07, 6.45) is -0.626. The van der Waals surface area contributed by atoms with E-state index in [0.717, 1.165) is 0 Å². The van der Waals surface area contributed by atoms with E-state index in [0.29, 0.717) is 35.9 Å². The molecule has 0 aliphatic heterocycles.